The molecule has 1 heterocycles. The lowest BCUT2D eigenvalue weighted by molar-refractivity contribution is -0.119. The quantitative estimate of drug-likeness (QED) is 0.451. The van der Waals surface area contributed by atoms with Gasteiger partial charge in [0.15, 0.2) is 0 Å². The molecule has 1 saturated heterocycles. The molecule has 0 bridgehead atoms. The zero-order valence-corrected chi connectivity index (χ0v) is 22.7. The Morgan fingerprint density at radius 3 is 2.39 bits per heavy atom. The van der Waals surface area contributed by atoms with Crippen LogP contribution in [0.15, 0.2) is 66.7 Å². The van der Waals surface area contributed by atoms with Gasteiger partial charge in [-0.15, -0.1) is 0 Å². The van der Waals surface area contributed by atoms with Crippen molar-refractivity contribution in [3.63, 3.8) is 0 Å². The molecule has 1 aliphatic heterocycles. The van der Waals surface area contributed by atoms with Crippen LogP contribution in [-0.2, 0) is 20.4 Å². The van der Waals surface area contributed by atoms with E-state index in [9.17, 15) is 22.9 Å². The van der Waals surface area contributed by atoms with Crippen molar-refractivity contribution in [3.8, 4) is 17.2 Å². The number of hydrogen-bond acceptors (Lipinski definition) is 5. The first-order chi connectivity index (χ1) is 18.0. The third kappa shape index (κ3) is 6.05. The summed E-state index contributed by atoms with van der Waals surface area (Å²) in [6.45, 7) is 0.675. The molecule has 0 spiro atoms. The van der Waals surface area contributed by atoms with Crippen molar-refractivity contribution >= 4 is 33.2 Å². The second-order valence-electron chi connectivity index (χ2n) is 9.50. The standard InChI is InChI=1S/C28H28ClFN4O3S/c1-33(19-27(35)32-24-10-11-26(30)25(29)17-24)28(12-14-34(15-13-28)38(2,36)37)23-8-6-21(7-9-23)22-5-3-4-20(16-22)18-31/h3-11,16-17H,12-15,19H2,1-2H3,(H,32,35). The van der Waals surface area contributed by atoms with E-state index in [0.717, 1.165) is 16.7 Å². The Kier molecular flexibility index (Phi) is 8.19. The Bertz CT molecular complexity index is 1480. The van der Waals surface area contributed by atoms with Gasteiger partial charge in [0.05, 0.1) is 29.5 Å². The van der Waals surface area contributed by atoms with Gasteiger partial charge in [-0.05, 0) is 66.9 Å². The smallest absolute Gasteiger partial charge is 0.238 e. The van der Waals surface area contributed by atoms with Gasteiger partial charge in [0, 0.05) is 24.3 Å². The maximum atomic E-state index is 13.5. The Balaban J connectivity index is 1.60. The maximum Gasteiger partial charge on any atom is 0.238 e. The second kappa shape index (κ2) is 11.2. The van der Waals surface area contributed by atoms with E-state index >= 15 is 0 Å². The fourth-order valence-corrected chi connectivity index (χ4v) is 5.99. The van der Waals surface area contributed by atoms with Crippen LogP contribution in [0, 0.1) is 17.1 Å². The molecule has 1 amide bonds. The van der Waals surface area contributed by atoms with Crippen LogP contribution in [0.3, 0.4) is 0 Å². The zero-order valence-electron chi connectivity index (χ0n) is 21.1. The van der Waals surface area contributed by atoms with E-state index in [1.54, 1.807) is 6.07 Å². The number of amides is 1. The second-order valence-corrected chi connectivity index (χ2v) is 11.9. The van der Waals surface area contributed by atoms with E-state index in [1.165, 1.54) is 28.8 Å². The van der Waals surface area contributed by atoms with Crippen LogP contribution in [0.25, 0.3) is 11.1 Å². The summed E-state index contributed by atoms with van der Waals surface area (Å²) in [5.74, 6) is -0.869. The molecular weight excluding hydrogens is 527 g/mol. The van der Waals surface area contributed by atoms with Crippen LogP contribution in [-0.4, -0.2) is 56.5 Å². The van der Waals surface area contributed by atoms with Gasteiger partial charge in [0.1, 0.15) is 5.82 Å². The molecule has 0 aromatic heterocycles. The lowest BCUT2D eigenvalue weighted by Gasteiger charge is -2.47. The van der Waals surface area contributed by atoms with Gasteiger partial charge < -0.3 is 5.32 Å². The van der Waals surface area contributed by atoms with Gasteiger partial charge in [-0.1, -0.05) is 48.0 Å². The van der Waals surface area contributed by atoms with Crippen LogP contribution in [0.2, 0.25) is 5.02 Å². The predicted octanol–water partition coefficient (Wildman–Crippen LogP) is 4.84. The number of nitrogens with one attached hydrogen (secondary N) is 1. The number of piperidine rings is 1. The van der Waals surface area contributed by atoms with Crippen molar-refractivity contribution in [3.05, 3.63) is 88.7 Å². The summed E-state index contributed by atoms with van der Waals surface area (Å²) in [5.41, 5.74) is 3.20. The molecule has 38 heavy (non-hydrogen) atoms. The van der Waals surface area contributed by atoms with Crippen molar-refractivity contribution in [1.82, 2.24) is 9.21 Å². The predicted molar refractivity (Wildman–Crippen MR) is 147 cm³/mol. The number of nitrogens with zero attached hydrogens (tertiary/aromatic N) is 3. The largest absolute Gasteiger partial charge is 0.325 e. The Hall–Kier alpha value is -3.29. The fraction of sp³-hybridized carbons (Fsp3) is 0.286. The summed E-state index contributed by atoms with van der Waals surface area (Å²) in [6.07, 6.45) is 2.19. The lowest BCUT2D eigenvalue weighted by atomic mass is 9.79. The van der Waals surface area contributed by atoms with E-state index in [0.29, 0.717) is 37.2 Å². The summed E-state index contributed by atoms with van der Waals surface area (Å²) in [7, 11) is -1.49. The topological polar surface area (TPSA) is 93.5 Å². The molecule has 0 atom stereocenters. The highest BCUT2D eigenvalue weighted by Gasteiger charge is 2.42. The zero-order chi connectivity index (χ0) is 27.5. The van der Waals surface area contributed by atoms with Crippen molar-refractivity contribution in [2.24, 2.45) is 0 Å². The minimum Gasteiger partial charge on any atom is -0.325 e. The Morgan fingerprint density at radius 1 is 1.11 bits per heavy atom. The summed E-state index contributed by atoms with van der Waals surface area (Å²) in [4.78, 5) is 14.9. The Labute approximate surface area is 227 Å². The average molecular weight is 555 g/mol. The van der Waals surface area contributed by atoms with Gasteiger partial charge in [-0.3, -0.25) is 9.69 Å². The molecule has 1 aliphatic rings. The first-order valence-corrected chi connectivity index (χ1v) is 14.3. The van der Waals surface area contributed by atoms with Crippen LogP contribution in [0.4, 0.5) is 10.1 Å². The first-order valence-electron chi connectivity index (χ1n) is 12.0. The van der Waals surface area contributed by atoms with Gasteiger partial charge in [0.2, 0.25) is 15.9 Å². The average Bonchev–Trinajstić information content (AvgIpc) is 2.90. The van der Waals surface area contributed by atoms with Crippen molar-refractivity contribution < 1.29 is 17.6 Å². The monoisotopic (exact) mass is 554 g/mol. The molecule has 3 aromatic carbocycles. The highest BCUT2D eigenvalue weighted by molar-refractivity contribution is 7.88. The first kappa shape index (κ1) is 27.7. The van der Waals surface area contributed by atoms with Gasteiger partial charge in [-0.25, -0.2) is 17.1 Å². The third-order valence-electron chi connectivity index (χ3n) is 7.08. The molecule has 198 valence electrons. The van der Waals surface area contributed by atoms with Crippen molar-refractivity contribution in [2.75, 3.05) is 38.3 Å². The minimum atomic E-state index is -3.34. The number of anilines is 1. The SMILES string of the molecule is CN(CC(=O)Nc1ccc(F)c(Cl)c1)C1(c2ccc(-c3cccc(C#N)c3)cc2)CCN(S(C)(=O)=O)CC1. The molecule has 10 heteroatoms. The van der Waals surface area contributed by atoms with Crippen molar-refractivity contribution in [1.29, 1.82) is 5.26 Å². The lowest BCUT2D eigenvalue weighted by Crippen LogP contribution is -2.54. The molecular formula is C28H28ClFN4O3S. The number of halogens is 2. The normalized spacial score (nSPS) is 15.7. The number of rotatable bonds is 7. The minimum absolute atomic E-state index is 0.0276. The van der Waals surface area contributed by atoms with Crippen LogP contribution < -0.4 is 5.32 Å². The molecule has 0 unspecified atom stereocenters. The third-order valence-corrected chi connectivity index (χ3v) is 8.67. The highest BCUT2D eigenvalue weighted by Crippen LogP contribution is 2.39. The van der Waals surface area contributed by atoms with E-state index in [1.807, 2.05) is 54.4 Å². The number of hydrogen-bond donors (Lipinski definition) is 1. The number of sulfonamides is 1. The van der Waals surface area contributed by atoms with E-state index in [2.05, 4.69) is 11.4 Å². The molecule has 3 aromatic rings. The molecule has 7 nitrogen and oxygen atoms in total. The van der Waals surface area contributed by atoms with Crippen LogP contribution >= 0.6 is 11.6 Å². The van der Waals surface area contributed by atoms with E-state index in [4.69, 9.17) is 11.6 Å². The Morgan fingerprint density at radius 2 is 1.79 bits per heavy atom. The summed E-state index contributed by atoms with van der Waals surface area (Å²) in [5, 5.41) is 11.9. The molecule has 4 rings (SSSR count). The van der Waals surface area contributed by atoms with Crippen LogP contribution in [0.1, 0.15) is 24.0 Å². The number of likely N-dealkylation sites (N-methyl/N-ethyl adjacent to an activating group) is 1. The number of nitriles is 1. The number of benzene rings is 3. The van der Waals surface area contributed by atoms with Gasteiger partial charge in [0.25, 0.3) is 0 Å². The molecule has 0 aliphatic carbocycles. The van der Waals surface area contributed by atoms with Crippen LogP contribution in [0.5, 0.6) is 0 Å². The summed E-state index contributed by atoms with van der Waals surface area (Å²) in [6, 6.07) is 21.5. The highest BCUT2D eigenvalue weighted by atomic mass is 35.5. The summed E-state index contributed by atoms with van der Waals surface area (Å²) < 4.78 is 39.3. The molecule has 0 saturated carbocycles. The van der Waals surface area contributed by atoms with Gasteiger partial charge in [-0.2, -0.15) is 5.26 Å². The fourth-order valence-electron chi connectivity index (χ4n) is 4.96. The summed E-state index contributed by atoms with van der Waals surface area (Å²) >= 11 is 5.84. The van der Waals surface area contributed by atoms with Crippen molar-refractivity contribution in [2.45, 2.75) is 18.4 Å². The van der Waals surface area contributed by atoms with E-state index in [-0.39, 0.29) is 17.5 Å². The molecule has 0 radical (unpaired) electrons. The maximum absolute atomic E-state index is 13.5. The molecule has 1 fully saturated rings. The van der Waals surface area contributed by atoms with Gasteiger partial charge >= 0.3 is 0 Å². The van der Waals surface area contributed by atoms with E-state index < -0.39 is 21.4 Å². The molecule has 1 N–H and O–H groups in total. The number of carbonyl (C=O) groups excluding carboxylic acids is 1. The number of carbonyl (C=O) groups is 1.